The second-order valence-electron chi connectivity index (χ2n) is 3.89. The van der Waals surface area contributed by atoms with Crippen LogP contribution in [-0.2, 0) is 10.1 Å². The molecule has 0 aliphatic heterocycles. The minimum absolute atomic E-state index is 0.201. The molecule has 3 nitrogen and oxygen atoms in total. The second-order valence-corrected chi connectivity index (χ2v) is 5.63. The van der Waals surface area contributed by atoms with Crippen LogP contribution < -0.4 is 0 Å². The van der Waals surface area contributed by atoms with E-state index in [-0.39, 0.29) is 5.75 Å². The molecule has 92 valence electrons. The molecule has 0 bridgehead atoms. The molecule has 0 aliphatic carbocycles. The molecule has 0 atom stereocenters. The molecule has 1 aromatic rings. The van der Waals surface area contributed by atoms with Gasteiger partial charge in [-0.05, 0) is 56.9 Å². The molecule has 0 saturated carbocycles. The first-order valence-electron chi connectivity index (χ1n) is 5.17. The normalized spacial score (nSPS) is 10.6. The molecule has 16 heavy (non-hydrogen) atoms. The third kappa shape index (κ3) is 5.88. The number of benzene rings is 1. The maximum atomic E-state index is 9.56. The van der Waals surface area contributed by atoms with Gasteiger partial charge in [0.05, 0.1) is 5.75 Å². The van der Waals surface area contributed by atoms with Crippen LogP contribution in [0.1, 0.15) is 29.2 Å². The van der Waals surface area contributed by atoms with Gasteiger partial charge in [-0.2, -0.15) is 8.42 Å². The van der Waals surface area contributed by atoms with Crippen LogP contribution in [0.5, 0.6) is 0 Å². The van der Waals surface area contributed by atoms with Crippen LogP contribution in [-0.4, -0.2) is 18.7 Å². The number of hydrogen-bond donors (Lipinski definition) is 1. The van der Waals surface area contributed by atoms with Crippen LogP contribution in [0.4, 0.5) is 0 Å². The summed E-state index contributed by atoms with van der Waals surface area (Å²) < 4.78 is 26.9. The Hall–Kier alpha value is -0.870. The average Bonchev–Trinajstić information content (AvgIpc) is 2.15. The Balaban J connectivity index is 0.000000325. The Kier molecular flexibility index (Phi) is 5.68. The van der Waals surface area contributed by atoms with Gasteiger partial charge < -0.3 is 0 Å². The molecule has 0 spiro atoms. The quantitative estimate of drug-likeness (QED) is 0.773. The zero-order valence-corrected chi connectivity index (χ0v) is 11.4. The number of rotatable bonds is 1. The molecule has 0 fully saturated rings. The number of aryl methyl sites for hydroxylation is 4. The van der Waals surface area contributed by atoms with Crippen molar-refractivity contribution in [1.29, 1.82) is 0 Å². The van der Waals surface area contributed by atoms with Gasteiger partial charge >= 0.3 is 0 Å². The Morgan fingerprint density at radius 2 is 1.12 bits per heavy atom. The predicted octanol–water partition coefficient (Wildman–Crippen LogP) is 2.81. The van der Waals surface area contributed by atoms with Gasteiger partial charge in [-0.15, -0.1) is 0 Å². The van der Waals surface area contributed by atoms with Gasteiger partial charge in [0.15, 0.2) is 0 Å². The monoisotopic (exact) mass is 244 g/mol. The highest BCUT2D eigenvalue weighted by Gasteiger charge is 1.95. The van der Waals surface area contributed by atoms with Gasteiger partial charge in [-0.3, -0.25) is 4.55 Å². The lowest BCUT2D eigenvalue weighted by Crippen LogP contribution is -1.97. The summed E-state index contributed by atoms with van der Waals surface area (Å²) >= 11 is 0. The fourth-order valence-electron chi connectivity index (χ4n) is 1.10. The van der Waals surface area contributed by atoms with Gasteiger partial charge in [-0.25, -0.2) is 0 Å². The van der Waals surface area contributed by atoms with Crippen molar-refractivity contribution in [2.24, 2.45) is 0 Å². The van der Waals surface area contributed by atoms with E-state index in [1.54, 1.807) is 0 Å². The van der Waals surface area contributed by atoms with Crippen molar-refractivity contribution in [3.05, 3.63) is 34.4 Å². The molecule has 0 aromatic heterocycles. The fourth-order valence-corrected chi connectivity index (χ4v) is 1.10. The summed E-state index contributed by atoms with van der Waals surface area (Å²) in [4.78, 5) is 0. The van der Waals surface area contributed by atoms with Crippen LogP contribution in [0.15, 0.2) is 12.1 Å². The van der Waals surface area contributed by atoms with E-state index in [2.05, 4.69) is 39.8 Å². The molecule has 1 aromatic carbocycles. The van der Waals surface area contributed by atoms with E-state index in [0.29, 0.717) is 0 Å². The van der Waals surface area contributed by atoms with E-state index in [4.69, 9.17) is 4.55 Å². The molecule has 1 N–H and O–H groups in total. The van der Waals surface area contributed by atoms with Gasteiger partial charge in [0.2, 0.25) is 0 Å². The smallest absolute Gasteiger partial charge is 0.264 e. The molecule has 0 unspecified atom stereocenters. The Labute approximate surface area is 98.3 Å². The minimum Gasteiger partial charge on any atom is -0.286 e. The van der Waals surface area contributed by atoms with Crippen molar-refractivity contribution in [3.8, 4) is 0 Å². The summed E-state index contributed by atoms with van der Waals surface area (Å²) in [5.41, 5.74) is 5.57. The van der Waals surface area contributed by atoms with Gasteiger partial charge in [0.25, 0.3) is 10.1 Å². The highest BCUT2D eigenvalue weighted by Crippen LogP contribution is 2.13. The molecule has 0 amide bonds. The van der Waals surface area contributed by atoms with Crippen molar-refractivity contribution in [2.75, 3.05) is 5.75 Å². The van der Waals surface area contributed by atoms with Crippen LogP contribution in [0.2, 0.25) is 0 Å². The van der Waals surface area contributed by atoms with Gasteiger partial charge in [0, 0.05) is 0 Å². The lowest BCUT2D eigenvalue weighted by atomic mass is 10.0. The maximum absolute atomic E-state index is 9.56. The summed E-state index contributed by atoms with van der Waals surface area (Å²) in [6.45, 7) is 9.99. The first kappa shape index (κ1) is 15.1. The van der Waals surface area contributed by atoms with Crippen LogP contribution in [0.3, 0.4) is 0 Å². The summed E-state index contributed by atoms with van der Waals surface area (Å²) in [5, 5.41) is 0. The van der Waals surface area contributed by atoms with Crippen molar-refractivity contribution in [3.63, 3.8) is 0 Å². The van der Waals surface area contributed by atoms with E-state index in [1.165, 1.54) is 29.2 Å². The van der Waals surface area contributed by atoms with Gasteiger partial charge in [-0.1, -0.05) is 12.1 Å². The molecule has 0 aliphatic rings. The Morgan fingerprint density at radius 3 is 1.25 bits per heavy atom. The third-order valence-electron chi connectivity index (χ3n) is 2.47. The summed E-state index contributed by atoms with van der Waals surface area (Å²) in [6.07, 6.45) is 0. The van der Waals surface area contributed by atoms with Gasteiger partial charge in [0.1, 0.15) is 0 Å². The van der Waals surface area contributed by atoms with E-state index >= 15 is 0 Å². The zero-order chi connectivity index (χ0) is 12.9. The second kappa shape index (κ2) is 6.01. The largest absolute Gasteiger partial charge is 0.286 e. The fraction of sp³-hybridized carbons (Fsp3) is 0.500. The van der Waals surface area contributed by atoms with Crippen molar-refractivity contribution in [1.82, 2.24) is 0 Å². The SMILES string of the molecule is CCS(=O)(=O)O.Cc1cc(C)c(C)cc1C. The zero-order valence-electron chi connectivity index (χ0n) is 10.5. The Bertz CT molecular complexity index is 397. The van der Waals surface area contributed by atoms with E-state index in [9.17, 15) is 8.42 Å². The van der Waals surface area contributed by atoms with Crippen LogP contribution in [0, 0.1) is 27.7 Å². The molecule has 0 saturated heterocycles. The molecular formula is C12H20O3S. The van der Waals surface area contributed by atoms with Crippen LogP contribution >= 0.6 is 0 Å². The first-order chi connectivity index (χ1) is 7.17. The predicted molar refractivity (Wildman–Crippen MR) is 67.5 cm³/mol. The van der Waals surface area contributed by atoms with Crippen LogP contribution in [0.25, 0.3) is 0 Å². The maximum Gasteiger partial charge on any atom is 0.264 e. The standard InChI is InChI=1S/C10H14.C2H6O3S/c1-7-5-9(3)10(4)6-8(7)2;1-2-6(3,4)5/h5-6H,1-4H3;2H2,1H3,(H,3,4,5). The molecule has 4 heteroatoms. The Morgan fingerprint density at radius 1 is 0.938 bits per heavy atom. The first-order valence-corrected chi connectivity index (χ1v) is 6.78. The molecule has 0 heterocycles. The lowest BCUT2D eigenvalue weighted by Gasteiger charge is -2.04. The van der Waals surface area contributed by atoms with Crippen molar-refractivity contribution < 1.29 is 13.0 Å². The summed E-state index contributed by atoms with van der Waals surface area (Å²) in [7, 11) is -3.66. The minimum atomic E-state index is -3.66. The van der Waals surface area contributed by atoms with Crippen molar-refractivity contribution >= 4 is 10.1 Å². The lowest BCUT2D eigenvalue weighted by molar-refractivity contribution is 0.484. The van der Waals surface area contributed by atoms with Crippen molar-refractivity contribution in [2.45, 2.75) is 34.6 Å². The van der Waals surface area contributed by atoms with E-state index in [1.807, 2.05) is 0 Å². The summed E-state index contributed by atoms with van der Waals surface area (Å²) in [5.74, 6) is -0.201. The molecular weight excluding hydrogens is 224 g/mol. The average molecular weight is 244 g/mol. The van der Waals surface area contributed by atoms with E-state index < -0.39 is 10.1 Å². The molecule has 0 radical (unpaired) electrons. The topological polar surface area (TPSA) is 54.4 Å². The number of hydrogen-bond acceptors (Lipinski definition) is 2. The highest BCUT2D eigenvalue weighted by atomic mass is 32.2. The van der Waals surface area contributed by atoms with E-state index in [0.717, 1.165) is 0 Å². The highest BCUT2D eigenvalue weighted by molar-refractivity contribution is 7.85. The summed E-state index contributed by atoms with van der Waals surface area (Å²) in [6, 6.07) is 4.48. The molecule has 1 rings (SSSR count). The third-order valence-corrected chi connectivity index (χ3v) is 3.20.